The Kier molecular flexibility index (Phi) is 3.38. The highest BCUT2D eigenvalue weighted by molar-refractivity contribution is 7.95. The second kappa shape index (κ2) is 4.22. The summed E-state index contributed by atoms with van der Waals surface area (Å²) in [4.78, 5) is -0.380. The number of halogens is 1. The molecule has 0 aliphatic carbocycles. The molecular weight excluding hydrogens is 238 g/mol. The lowest BCUT2D eigenvalue weighted by Gasteiger charge is -2.09. The monoisotopic (exact) mass is 247 g/mol. The molecule has 0 aliphatic rings. The van der Waals surface area contributed by atoms with Crippen LogP contribution in [0.15, 0.2) is 24.8 Å². The molecular formula is C9H10ClNO3S. The van der Waals surface area contributed by atoms with Gasteiger partial charge in [-0.25, -0.2) is 0 Å². The summed E-state index contributed by atoms with van der Waals surface area (Å²) in [6.07, 6.45) is 0. The van der Waals surface area contributed by atoms with Crippen molar-refractivity contribution in [2.45, 2.75) is 0 Å². The lowest BCUT2D eigenvalue weighted by Crippen LogP contribution is -2.03. The lowest BCUT2D eigenvalue weighted by molar-refractivity contribution is 0.496. The van der Waals surface area contributed by atoms with Crippen LogP contribution in [0.1, 0.15) is 5.56 Å². The van der Waals surface area contributed by atoms with E-state index in [1.807, 2.05) is 0 Å². The van der Waals surface area contributed by atoms with Gasteiger partial charge in [0.05, 0.1) is 4.91 Å². The molecule has 0 radical (unpaired) electrons. The number of benzene rings is 1. The van der Waals surface area contributed by atoms with Crippen LogP contribution in [-0.4, -0.2) is 20.0 Å². The first-order valence-electron chi connectivity index (χ1n) is 4.00. The van der Waals surface area contributed by atoms with Crippen LogP contribution in [0.3, 0.4) is 0 Å². The SMILES string of the molecule is C=C(c1cc(Cl)ccc1NC)S(=O)(=O)O. The van der Waals surface area contributed by atoms with Gasteiger partial charge in [-0.3, -0.25) is 4.55 Å². The molecule has 0 aromatic heterocycles. The zero-order valence-corrected chi connectivity index (χ0v) is 9.56. The molecule has 1 aromatic carbocycles. The van der Waals surface area contributed by atoms with Gasteiger partial charge < -0.3 is 5.32 Å². The van der Waals surface area contributed by atoms with Crippen molar-refractivity contribution in [2.24, 2.45) is 0 Å². The second-order valence-electron chi connectivity index (χ2n) is 2.84. The first kappa shape index (κ1) is 12.0. The van der Waals surface area contributed by atoms with Gasteiger partial charge in [0.2, 0.25) is 0 Å². The van der Waals surface area contributed by atoms with Gasteiger partial charge in [0.15, 0.2) is 0 Å². The van der Waals surface area contributed by atoms with E-state index in [1.165, 1.54) is 6.07 Å². The molecule has 0 saturated carbocycles. The molecule has 2 N–H and O–H groups in total. The number of hydrogen-bond acceptors (Lipinski definition) is 3. The minimum atomic E-state index is -4.30. The van der Waals surface area contributed by atoms with E-state index >= 15 is 0 Å². The van der Waals surface area contributed by atoms with Gasteiger partial charge >= 0.3 is 0 Å². The average molecular weight is 248 g/mol. The Bertz CT molecular complexity index is 496. The zero-order chi connectivity index (χ0) is 11.6. The van der Waals surface area contributed by atoms with Crippen LogP contribution in [0.2, 0.25) is 5.02 Å². The smallest absolute Gasteiger partial charge is 0.294 e. The molecule has 0 unspecified atom stereocenters. The van der Waals surface area contributed by atoms with Gasteiger partial charge in [-0.15, -0.1) is 0 Å². The molecule has 0 heterocycles. The standard InChI is InChI=1S/C9H10ClNO3S/c1-6(15(12,13)14)8-5-7(10)3-4-9(8)11-2/h3-5,11H,1H2,2H3,(H,12,13,14). The van der Waals surface area contributed by atoms with E-state index in [-0.39, 0.29) is 10.5 Å². The van der Waals surface area contributed by atoms with Crippen molar-refractivity contribution < 1.29 is 13.0 Å². The van der Waals surface area contributed by atoms with Crippen LogP contribution >= 0.6 is 11.6 Å². The third-order valence-corrected chi connectivity index (χ3v) is 2.94. The highest BCUT2D eigenvalue weighted by atomic mass is 35.5. The predicted molar refractivity (Wildman–Crippen MR) is 61.6 cm³/mol. The quantitative estimate of drug-likeness (QED) is 0.804. The Morgan fingerprint density at radius 1 is 1.53 bits per heavy atom. The van der Waals surface area contributed by atoms with Crippen molar-refractivity contribution in [1.82, 2.24) is 0 Å². The van der Waals surface area contributed by atoms with Crippen LogP contribution in [0.25, 0.3) is 4.91 Å². The molecule has 4 nitrogen and oxygen atoms in total. The van der Waals surface area contributed by atoms with E-state index in [4.69, 9.17) is 16.2 Å². The van der Waals surface area contributed by atoms with Crippen LogP contribution in [0.4, 0.5) is 5.69 Å². The van der Waals surface area contributed by atoms with E-state index in [1.54, 1.807) is 19.2 Å². The fourth-order valence-corrected chi connectivity index (χ4v) is 1.72. The predicted octanol–water partition coefficient (Wildman–Crippen LogP) is 2.24. The first-order valence-corrected chi connectivity index (χ1v) is 5.82. The number of anilines is 1. The summed E-state index contributed by atoms with van der Waals surface area (Å²) in [5.74, 6) is 0. The van der Waals surface area contributed by atoms with Crippen molar-refractivity contribution in [2.75, 3.05) is 12.4 Å². The zero-order valence-electron chi connectivity index (χ0n) is 7.99. The maximum Gasteiger partial charge on any atom is 0.294 e. The Morgan fingerprint density at radius 3 is 2.60 bits per heavy atom. The lowest BCUT2D eigenvalue weighted by atomic mass is 10.2. The molecule has 0 amide bonds. The fourth-order valence-electron chi connectivity index (χ4n) is 1.10. The molecule has 0 aliphatic heterocycles. The van der Waals surface area contributed by atoms with Gasteiger partial charge in [-0.05, 0) is 18.2 Å². The Hall–Kier alpha value is -1.04. The van der Waals surface area contributed by atoms with Crippen molar-refractivity contribution >= 4 is 32.3 Å². The summed E-state index contributed by atoms with van der Waals surface area (Å²) < 4.78 is 30.6. The molecule has 1 aromatic rings. The minimum Gasteiger partial charge on any atom is -0.388 e. The molecule has 0 atom stereocenters. The molecule has 15 heavy (non-hydrogen) atoms. The third kappa shape index (κ3) is 2.71. The van der Waals surface area contributed by atoms with Gasteiger partial charge in [-0.1, -0.05) is 18.2 Å². The van der Waals surface area contributed by atoms with Crippen molar-refractivity contribution in [3.05, 3.63) is 35.4 Å². The second-order valence-corrected chi connectivity index (χ2v) is 4.72. The number of hydrogen-bond donors (Lipinski definition) is 2. The Balaban J connectivity index is 3.36. The summed E-state index contributed by atoms with van der Waals surface area (Å²) in [6.45, 7) is 3.31. The molecule has 6 heteroatoms. The van der Waals surface area contributed by atoms with Gasteiger partial charge in [-0.2, -0.15) is 8.42 Å². The average Bonchev–Trinajstić information content (AvgIpc) is 2.15. The summed E-state index contributed by atoms with van der Waals surface area (Å²) >= 11 is 5.72. The van der Waals surface area contributed by atoms with Gasteiger partial charge in [0, 0.05) is 23.3 Å². The molecule has 0 fully saturated rings. The van der Waals surface area contributed by atoms with Crippen LogP contribution in [0.5, 0.6) is 0 Å². The minimum absolute atomic E-state index is 0.257. The van der Waals surface area contributed by atoms with E-state index in [2.05, 4.69) is 11.9 Å². The highest BCUT2D eigenvalue weighted by Gasteiger charge is 2.16. The van der Waals surface area contributed by atoms with Crippen molar-refractivity contribution in [3.8, 4) is 0 Å². The van der Waals surface area contributed by atoms with Crippen LogP contribution < -0.4 is 5.32 Å². The summed E-state index contributed by atoms with van der Waals surface area (Å²) in [5.41, 5.74) is 0.787. The molecule has 0 bridgehead atoms. The normalized spacial score (nSPS) is 11.1. The van der Waals surface area contributed by atoms with Crippen LogP contribution in [-0.2, 0) is 10.1 Å². The largest absolute Gasteiger partial charge is 0.388 e. The van der Waals surface area contributed by atoms with E-state index < -0.39 is 10.1 Å². The van der Waals surface area contributed by atoms with E-state index in [0.717, 1.165) is 0 Å². The molecule has 82 valence electrons. The maximum absolute atomic E-state index is 10.9. The summed E-state index contributed by atoms with van der Waals surface area (Å²) in [7, 11) is -2.67. The van der Waals surface area contributed by atoms with Crippen molar-refractivity contribution in [3.63, 3.8) is 0 Å². The Morgan fingerprint density at radius 2 is 2.13 bits per heavy atom. The molecule has 1 rings (SSSR count). The number of nitrogens with one attached hydrogen (secondary N) is 1. The van der Waals surface area contributed by atoms with Crippen LogP contribution in [0, 0.1) is 0 Å². The first-order chi connectivity index (χ1) is 6.86. The maximum atomic E-state index is 10.9. The van der Waals surface area contributed by atoms with Gasteiger partial charge in [0.1, 0.15) is 0 Å². The molecule has 0 saturated heterocycles. The van der Waals surface area contributed by atoms with E-state index in [9.17, 15) is 8.42 Å². The summed E-state index contributed by atoms with van der Waals surface area (Å²) in [6, 6.07) is 4.63. The molecule has 0 spiro atoms. The highest BCUT2D eigenvalue weighted by Crippen LogP contribution is 2.28. The van der Waals surface area contributed by atoms with Gasteiger partial charge in [0.25, 0.3) is 10.1 Å². The fraction of sp³-hybridized carbons (Fsp3) is 0.111. The Labute approximate surface area is 93.3 Å². The third-order valence-electron chi connectivity index (χ3n) is 1.86. The summed E-state index contributed by atoms with van der Waals surface area (Å²) in [5, 5.41) is 3.15. The van der Waals surface area contributed by atoms with E-state index in [0.29, 0.717) is 10.7 Å². The number of rotatable bonds is 3. The topological polar surface area (TPSA) is 66.4 Å². The van der Waals surface area contributed by atoms with Crippen molar-refractivity contribution in [1.29, 1.82) is 0 Å².